The smallest absolute Gasteiger partial charge is 0.313 e. The SMILES string of the molecule is C[C@H]1C(=O)N2CCCc3cc(NC(=O)C(=O)NCCc4ccc(F)cc4)cc1c32. The average Bonchev–Trinajstić information content (AvgIpc) is 2.96. The maximum Gasteiger partial charge on any atom is 0.313 e. The van der Waals surface area contributed by atoms with Crippen LogP contribution in [0.5, 0.6) is 0 Å². The highest BCUT2D eigenvalue weighted by atomic mass is 19.1. The largest absolute Gasteiger partial charge is 0.347 e. The van der Waals surface area contributed by atoms with Crippen molar-refractivity contribution < 1.29 is 18.8 Å². The van der Waals surface area contributed by atoms with Gasteiger partial charge in [-0.05, 0) is 67.1 Å². The third kappa shape index (κ3) is 3.72. The van der Waals surface area contributed by atoms with E-state index in [2.05, 4.69) is 10.6 Å². The lowest BCUT2D eigenvalue weighted by Gasteiger charge is -2.26. The number of aryl methyl sites for hydroxylation is 1. The quantitative estimate of drug-likeness (QED) is 0.781. The van der Waals surface area contributed by atoms with E-state index in [1.54, 1.807) is 18.2 Å². The van der Waals surface area contributed by atoms with E-state index in [1.807, 2.05) is 17.9 Å². The number of halogens is 1. The van der Waals surface area contributed by atoms with Gasteiger partial charge >= 0.3 is 11.8 Å². The highest BCUT2D eigenvalue weighted by molar-refractivity contribution is 6.39. The van der Waals surface area contributed by atoms with Crippen LogP contribution < -0.4 is 15.5 Å². The molecule has 2 aliphatic heterocycles. The van der Waals surface area contributed by atoms with Crippen LogP contribution in [0.1, 0.15) is 36.0 Å². The van der Waals surface area contributed by atoms with Crippen LogP contribution in [-0.2, 0) is 27.2 Å². The fourth-order valence-corrected chi connectivity index (χ4v) is 4.01. The summed E-state index contributed by atoms with van der Waals surface area (Å²) >= 11 is 0. The van der Waals surface area contributed by atoms with Gasteiger partial charge in [-0.2, -0.15) is 0 Å². The van der Waals surface area contributed by atoms with E-state index in [-0.39, 0.29) is 24.2 Å². The Balaban J connectivity index is 1.39. The first-order valence-electron chi connectivity index (χ1n) is 9.76. The van der Waals surface area contributed by atoms with Gasteiger partial charge < -0.3 is 15.5 Å². The summed E-state index contributed by atoms with van der Waals surface area (Å²) in [4.78, 5) is 38.6. The molecule has 0 aromatic heterocycles. The summed E-state index contributed by atoms with van der Waals surface area (Å²) in [5.74, 6) is -1.95. The van der Waals surface area contributed by atoms with Crippen molar-refractivity contribution in [3.63, 3.8) is 0 Å². The van der Waals surface area contributed by atoms with Crippen LogP contribution in [0, 0.1) is 5.82 Å². The van der Waals surface area contributed by atoms with Crippen LogP contribution >= 0.6 is 0 Å². The molecule has 0 saturated heterocycles. The van der Waals surface area contributed by atoms with Gasteiger partial charge in [-0.3, -0.25) is 14.4 Å². The van der Waals surface area contributed by atoms with Gasteiger partial charge in [0.1, 0.15) is 5.82 Å². The number of nitrogens with zero attached hydrogens (tertiary/aromatic N) is 1. The lowest BCUT2D eigenvalue weighted by Crippen LogP contribution is -2.36. The summed E-state index contributed by atoms with van der Waals surface area (Å²) in [5.41, 5.74) is 4.29. The summed E-state index contributed by atoms with van der Waals surface area (Å²) < 4.78 is 12.9. The molecule has 0 unspecified atom stereocenters. The fraction of sp³-hybridized carbons (Fsp3) is 0.318. The van der Waals surface area contributed by atoms with E-state index in [0.29, 0.717) is 12.1 Å². The lowest BCUT2D eigenvalue weighted by molar-refractivity contribution is -0.136. The molecule has 29 heavy (non-hydrogen) atoms. The number of hydrogen-bond acceptors (Lipinski definition) is 3. The second-order valence-corrected chi connectivity index (χ2v) is 7.47. The van der Waals surface area contributed by atoms with Crippen molar-refractivity contribution in [3.05, 3.63) is 58.9 Å². The maximum absolute atomic E-state index is 12.9. The van der Waals surface area contributed by atoms with E-state index in [4.69, 9.17) is 0 Å². The molecule has 2 aliphatic rings. The molecule has 3 amide bonds. The van der Waals surface area contributed by atoms with E-state index < -0.39 is 11.8 Å². The minimum Gasteiger partial charge on any atom is -0.347 e. The molecule has 2 aromatic rings. The zero-order valence-electron chi connectivity index (χ0n) is 16.1. The Bertz CT molecular complexity index is 988. The predicted octanol–water partition coefficient (Wildman–Crippen LogP) is 2.52. The first kappa shape index (κ1) is 19.1. The average molecular weight is 395 g/mol. The normalized spacial score (nSPS) is 17.1. The fourth-order valence-electron chi connectivity index (χ4n) is 4.01. The third-order valence-electron chi connectivity index (χ3n) is 5.50. The summed E-state index contributed by atoms with van der Waals surface area (Å²) in [5, 5.41) is 5.22. The maximum atomic E-state index is 12.9. The van der Waals surface area contributed by atoms with Crippen LogP contribution in [0.25, 0.3) is 0 Å². The topological polar surface area (TPSA) is 78.5 Å². The Morgan fingerprint density at radius 2 is 1.93 bits per heavy atom. The van der Waals surface area contributed by atoms with E-state index in [9.17, 15) is 18.8 Å². The number of amides is 3. The molecule has 6 nitrogen and oxygen atoms in total. The van der Waals surface area contributed by atoms with Crippen molar-refractivity contribution in [2.45, 2.75) is 32.1 Å². The van der Waals surface area contributed by atoms with Crippen LogP contribution in [0.2, 0.25) is 0 Å². The Labute approximate surface area is 168 Å². The zero-order valence-corrected chi connectivity index (χ0v) is 16.1. The van der Waals surface area contributed by atoms with Crippen molar-refractivity contribution >= 4 is 29.1 Å². The van der Waals surface area contributed by atoms with Crippen LogP contribution in [-0.4, -0.2) is 30.8 Å². The lowest BCUT2D eigenvalue weighted by atomic mass is 9.96. The summed E-state index contributed by atoms with van der Waals surface area (Å²) in [7, 11) is 0. The van der Waals surface area contributed by atoms with Crippen LogP contribution in [0.4, 0.5) is 15.8 Å². The molecule has 0 fully saturated rings. The molecule has 0 saturated carbocycles. The summed E-state index contributed by atoms with van der Waals surface area (Å²) in [6.07, 6.45) is 2.22. The Kier molecular flexibility index (Phi) is 5.05. The van der Waals surface area contributed by atoms with E-state index in [0.717, 1.165) is 41.8 Å². The molecule has 150 valence electrons. The standard InChI is InChI=1S/C22H22FN3O3/c1-13-18-12-17(11-15-3-2-10-26(19(15)18)22(13)29)25-21(28)20(27)24-9-8-14-4-6-16(23)7-5-14/h4-7,11-13H,2-3,8-10H2,1H3,(H,24,27)(H,25,28)/t13-/m1/s1. The van der Waals surface area contributed by atoms with E-state index in [1.165, 1.54) is 12.1 Å². The highest BCUT2D eigenvalue weighted by Gasteiger charge is 2.38. The van der Waals surface area contributed by atoms with Crippen molar-refractivity contribution in [3.8, 4) is 0 Å². The molecular weight excluding hydrogens is 373 g/mol. The monoisotopic (exact) mass is 395 g/mol. The molecule has 0 bridgehead atoms. The Morgan fingerprint density at radius 1 is 1.17 bits per heavy atom. The number of carbonyl (C=O) groups excluding carboxylic acids is 3. The molecule has 2 N–H and O–H groups in total. The number of nitrogens with one attached hydrogen (secondary N) is 2. The van der Waals surface area contributed by atoms with Gasteiger partial charge in [0.2, 0.25) is 5.91 Å². The Hall–Kier alpha value is -3.22. The molecule has 7 heteroatoms. The van der Waals surface area contributed by atoms with Gasteiger partial charge in [0.15, 0.2) is 0 Å². The van der Waals surface area contributed by atoms with Gasteiger partial charge in [0.05, 0.1) is 11.6 Å². The number of hydrogen-bond donors (Lipinski definition) is 2. The molecular formula is C22H22FN3O3. The van der Waals surface area contributed by atoms with Gasteiger partial charge in [0.25, 0.3) is 0 Å². The molecule has 4 rings (SSSR count). The zero-order chi connectivity index (χ0) is 20.5. The minimum absolute atomic E-state index is 0.0861. The first-order valence-corrected chi connectivity index (χ1v) is 9.76. The van der Waals surface area contributed by atoms with Crippen molar-refractivity contribution in [1.29, 1.82) is 0 Å². The Morgan fingerprint density at radius 3 is 2.69 bits per heavy atom. The molecule has 0 aliphatic carbocycles. The van der Waals surface area contributed by atoms with Gasteiger partial charge in [-0.15, -0.1) is 0 Å². The number of carbonyl (C=O) groups is 3. The van der Waals surface area contributed by atoms with Crippen molar-refractivity contribution in [2.24, 2.45) is 0 Å². The molecule has 2 aromatic carbocycles. The molecule has 0 spiro atoms. The highest BCUT2D eigenvalue weighted by Crippen LogP contribution is 2.44. The second-order valence-electron chi connectivity index (χ2n) is 7.47. The first-order chi connectivity index (χ1) is 13.9. The van der Waals surface area contributed by atoms with Gasteiger partial charge in [-0.1, -0.05) is 12.1 Å². The van der Waals surface area contributed by atoms with Gasteiger partial charge in [0, 0.05) is 18.8 Å². The molecule has 1 atom stereocenters. The predicted molar refractivity (Wildman–Crippen MR) is 107 cm³/mol. The number of rotatable bonds is 4. The third-order valence-corrected chi connectivity index (χ3v) is 5.50. The summed E-state index contributed by atoms with van der Waals surface area (Å²) in [6.45, 7) is 2.86. The van der Waals surface area contributed by atoms with E-state index >= 15 is 0 Å². The van der Waals surface area contributed by atoms with Gasteiger partial charge in [-0.25, -0.2) is 4.39 Å². The van der Waals surface area contributed by atoms with Crippen LogP contribution in [0.15, 0.2) is 36.4 Å². The van der Waals surface area contributed by atoms with Crippen LogP contribution in [0.3, 0.4) is 0 Å². The molecule has 0 radical (unpaired) electrons. The summed E-state index contributed by atoms with van der Waals surface area (Å²) in [6, 6.07) is 9.64. The number of benzene rings is 2. The van der Waals surface area contributed by atoms with Crippen molar-refractivity contribution in [1.82, 2.24) is 5.32 Å². The minimum atomic E-state index is -0.749. The number of anilines is 2. The van der Waals surface area contributed by atoms with Crippen molar-refractivity contribution in [2.75, 3.05) is 23.3 Å². The second kappa shape index (κ2) is 7.66. The molecule has 2 heterocycles.